The van der Waals surface area contributed by atoms with Crippen molar-refractivity contribution in [3.8, 4) is 0 Å². The number of nitrogens with two attached hydrogens (primary N) is 1. The summed E-state index contributed by atoms with van der Waals surface area (Å²) in [6.07, 6.45) is 4.59. The summed E-state index contributed by atoms with van der Waals surface area (Å²) in [5.41, 5.74) is 9.09. The molecule has 112 valence electrons. The average Bonchev–Trinajstić information content (AvgIpc) is 3.02. The van der Waals surface area contributed by atoms with Crippen LogP contribution in [0.15, 0.2) is 30.5 Å². The van der Waals surface area contributed by atoms with E-state index in [0.717, 1.165) is 42.8 Å². The van der Waals surface area contributed by atoms with Crippen molar-refractivity contribution in [1.29, 1.82) is 0 Å². The SMILES string of the molecule is CCN(Cc1ccc(N)c2cccnc12)CC1CCCO1. The molecule has 2 N–H and O–H groups in total. The van der Waals surface area contributed by atoms with Crippen LogP contribution >= 0.6 is 0 Å². The van der Waals surface area contributed by atoms with E-state index in [1.807, 2.05) is 24.4 Å². The normalized spacial score (nSPS) is 18.7. The van der Waals surface area contributed by atoms with Crippen LogP contribution in [-0.4, -0.2) is 35.7 Å². The van der Waals surface area contributed by atoms with Crippen molar-refractivity contribution >= 4 is 16.6 Å². The van der Waals surface area contributed by atoms with Crippen molar-refractivity contribution < 1.29 is 4.74 Å². The molecule has 4 nitrogen and oxygen atoms in total. The second-order valence-electron chi connectivity index (χ2n) is 5.68. The van der Waals surface area contributed by atoms with Crippen LogP contribution in [0.4, 0.5) is 5.69 Å². The van der Waals surface area contributed by atoms with Crippen LogP contribution in [-0.2, 0) is 11.3 Å². The summed E-state index contributed by atoms with van der Waals surface area (Å²) < 4.78 is 5.75. The van der Waals surface area contributed by atoms with Crippen LogP contribution in [0.25, 0.3) is 10.9 Å². The van der Waals surface area contributed by atoms with Gasteiger partial charge in [-0.1, -0.05) is 13.0 Å². The number of rotatable bonds is 5. The van der Waals surface area contributed by atoms with E-state index in [2.05, 4.69) is 22.9 Å². The van der Waals surface area contributed by atoms with Gasteiger partial charge in [0, 0.05) is 37.0 Å². The summed E-state index contributed by atoms with van der Waals surface area (Å²) in [5, 5.41) is 1.04. The largest absolute Gasteiger partial charge is 0.398 e. The zero-order valence-corrected chi connectivity index (χ0v) is 12.6. The van der Waals surface area contributed by atoms with Crippen molar-refractivity contribution in [1.82, 2.24) is 9.88 Å². The van der Waals surface area contributed by atoms with Crippen molar-refractivity contribution in [2.45, 2.75) is 32.4 Å². The minimum Gasteiger partial charge on any atom is -0.398 e. The van der Waals surface area contributed by atoms with Crippen LogP contribution in [0.3, 0.4) is 0 Å². The molecule has 0 radical (unpaired) electrons. The topological polar surface area (TPSA) is 51.4 Å². The number of pyridine rings is 1. The number of ether oxygens (including phenoxy) is 1. The zero-order valence-electron chi connectivity index (χ0n) is 12.6. The number of hydrogen-bond donors (Lipinski definition) is 1. The molecule has 0 bridgehead atoms. The lowest BCUT2D eigenvalue weighted by atomic mass is 10.1. The van der Waals surface area contributed by atoms with Gasteiger partial charge in [0.15, 0.2) is 0 Å². The molecule has 1 unspecified atom stereocenters. The Morgan fingerprint density at radius 1 is 1.38 bits per heavy atom. The van der Waals surface area contributed by atoms with Crippen LogP contribution in [0.1, 0.15) is 25.3 Å². The molecule has 2 heterocycles. The minimum atomic E-state index is 0.387. The van der Waals surface area contributed by atoms with Gasteiger partial charge in [-0.2, -0.15) is 0 Å². The second kappa shape index (κ2) is 6.41. The van der Waals surface area contributed by atoms with E-state index in [0.29, 0.717) is 6.10 Å². The molecule has 4 heteroatoms. The van der Waals surface area contributed by atoms with E-state index in [1.54, 1.807) is 0 Å². The third kappa shape index (κ3) is 3.17. The molecule has 1 aromatic heterocycles. The third-order valence-electron chi connectivity index (χ3n) is 4.21. The maximum atomic E-state index is 6.05. The number of anilines is 1. The Hall–Kier alpha value is -1.65. The van der Waals surface area contributed by atoms with Gasteiger partial charge in [0.25, 0.3) is 0 Å². The Morgan fingerprint density at radius 2 is 2.29 bits per heavy atom. The van der Waals surface area contributed by atoms with Crippen molar-refractivity contribution in [3.63, 3.8) is 0 Å². The van der Waals surface area contributed by atoms with E-state index >= 15 is 0 Å². The highest BCUT2D eigenvalue weighted by atomic mass is 16.5. The van der Waals surface area contributed by atoms with E-state index in [1.165, 1.54) is 18.4 Å². The van der Waals surface area contributed by atoms with Crippen molar-refractivity contribution in [2.24, 2.45) is 0 Å². The summed E-state index contributed by atoms with van der Waals surface area (Å²) >= 11 is 0. The second-order valence-corrected chi connectivity index (χ2v) is 5.68. The maximum Gasteiger partial charge on any atom is 0.0767 e. The molecule has 0 amide bonds. The molecule has 1 aromatic carbocycles. The highest BCUT2D eigenvalue weighted by Gasteiger charge is 2.19. The molecule has 1 atom stereocenters. The van der Waals surface area contributed by atoms with Gasteiger partial charge in [0.1, 0.15) is 0 Å². The number of hydrogen-bond acceptors (Lipinski definition) is 4. The van der Waals surface area contributed by atoms with E-state index < -0.39 is 0 Å². The van der Waals surface area contributed by atoms with Gasteiger partial charge in [-0.15, -0.1) is 0 Å². The number of nitrogen functional groups attached to an aromatic ring is 1. The molecule has 0 aliphatic carbocycles. The van der Waals surface area contributed by atoms with Gasteiger partial charge in [-0.3, -0.25) is 9.88 Å². The fourth-order valence-electron chi connectivity index (χ4n) is 3.00. The first-order chi connectivity index (χ1) is 10.3. The first-order valence-corrected chi connectivity index (χ1v) is 7.74. The predicted molar refractivity (Wildman–Crippen MR) is 86.1 cm³/mol. The van der Waals surface area contributed by atoms with Crippen LogP contribution < -0.4 is 5.73 Å². The smallest absolute Gasteiger partial charge is 0.0767 e. The highest BCUT2D eigenvalue weighted by molar-refractivity contribution is 5.92. The number of nitrogens with zero attached hydrogens (tertiary/aromatic N) is 2. The molecule has 1 aliphatic heterocycles. The summed E-state index contributed by atoms with van der Waals surface area (Å²) in [6, 6.07) is 8.06. The van der Waals surface area contributed by atoms with Gasteiger partial charge >= 0.3 is 0 Å². The first-order valence-electron chi connectivity index (χ1n) is 7.74. The molecule has 0 saturated carbocycles. The van der Waals surface area contributed by atoms with Crippen LogP contribution in [0.5, 0.6) is 0 Å². The minimum absolute atomic E-state index is 0.387. The Balaban J connectivity index is 1.81. The monoisotopic (exact) mass is 285 g/mol. The molecule has 1 aliphatic rings. The quantitative estimate of drug-likeness (QED) is 0.858. The third-order valence-corrected chi connectivity index (χ3v) is 4.21. The summed E-state index contributed by atoms with van der Waals surface area (Å²) in [5.74, 6) is 0. The molecule has 3 rings (SSSR count). The fraction of sp³-hybridized carbons (Fsp3) is 0.471. The van der Waals surface area contributed by atoms with Gasteiger partial charge in [0.05, 0.1) is 11.6 Å². The van der Waals surface area contributed by atoms with Gasteiger partial charge in [-0.25, -0.2) is 0 Å². The molecular formula is C17H23N3O. The molecule has 1 fully saturated rings. The lowest BCUT2D eigenvalue weighted by Crippen LogP contribution is -2.31. The highest BCUT2D eigenvalue weighted by Crippen LogP contribution is 2.24. The number of benzene rings is 1. The summed E-state index contributed by atoms with van der Waals surface area (Å²) in [4.78, 5) is 6.95. The Kier molecular flexibility index (Phi) is 4.36. The van der Waals surface area contributed by atoms with Crippen molar-refractivity contribution in [3.05, 3.63) is 36.0 Å². The van der Waals surface area contributed by atoms with Gasteiger partial charge in [-0.05, 0) is 43.1 Å². The van der Waals surface area contributed by atoms with Gasteiger partial charge in [0.2, 0.25) is 0 Å². The number of aromatic nitrogens is 1. The van der Waals surface area contributed by atoms with Gasteiger partial charge < -0.3 is 10.5 Å². The lowest BCUT2D eigenvalue weighted by Gasteiger charge is -2.24. The molecule has 21 heavy (non-hydrogen) atoms. The Bertz CT molecular complexity index is 608. The number of fused-ring (bicyclic) bond motifs is 1. The molecule has 1 saturated heterocycles. The molecule has 2 aromatic rings. The standard InChI is InChI=1S/C17H23N3O/c1-2-20(12-14-5-4-10-21-14)11-13-7-8-16(18)15-6-3-9-19-17(13)15/h3,6-9,14H,2,4-5,10-12,18H2,1H3. The van der Waals surface area contributed by atoms with Crippen molar-refractivity contribution in [2.75, 3.05) is 25.4 Å². The predicted octanol–water partition coefficient (Wildman–Crippen LogP) is 2.82. The van der Waals surface area contributed by atoms with E-state index in [-0.39, 0.29) is 0 Å². The Morgan fingerprint density at radius 3 is 3.05 bits per heavy atom. The van der Waals surface area contributed by atoms with Crippen LogP contribution in [0.2, 0.25) is 0 Å². The summed E-state index contributed by atoms with van der Waals surface area (Å²) in [6.45, 7) is 6.01. The Labute approximate surface area is 125 Å². The average molecular weight is 285 g/mol. The van der Waals surface area contributed by atoms with E-state index in [9.17, 15) is 0 Å². The zero-order chi connectivity index (χ0) is 14.7. The molecular weight excluding hydrogens is 262 g/mol. The first kappa shape index (κ1) is 14.3. The fourth-order valence-corrected chi connectivity index (χ4v) is 3.00. The number of likely N-dealkylation sites (N-methyl/N-ethyl adjacent to an activating group) is 1. The maximum absolute atomic E-state index is 6.05. The lowest BCUT2D eigenvalue weighted by molar-refractivity contribution is 0.0726. The van der Waals surface area contributed by atoms with E-state index in [4.69, 9.17) is 10.5 Å². The molecule has 0 spiro atoms. The summed E-state index contributed by atoms with van der Waals surface area (Å²) in [7, 11) is 0. The van der Waals surface area contributed by atoms with Crippen LogP contribution in [0, 0.1) is 0 Å².